The molecule has 0 spiro atoms. The van der Waals surface area contributed by atoms with Crippen LogP contribution < -0.4 is 5.73 Å². The standard InChI is InChI=1S/C15H13NO2S/c16-13-9-12(10-4-2-1-3-5-10)8-11(15(13)19)6-7-14(17)18/h1-9,19H,16H2,(H,17,18)/b7-6+. The highest BCUT2D eigenvalue weighted by Crippen LogP contribution is 2.30. The van der Waals surface area contributed by atoms with Crippen LogP contribution in [0.3, 0.4) is 0 Å². The van der Waals surface area contributed by atoms with Crippen molar-refractivity contribution in [2.24, 2.45) is 0 Å². The molecule has 0 aliphatic rings. The lowest BCUT2D eigenvalue weighted by molar-refractivity contribution is -0.131. The van der Waals surface area contributed by atoms with Crippen LogP contribution in [0, 0.1) is 0 Å². The third-order valence-corrected chi connectivity index (χ3v) is 3.20. The smallest absolute Gasteiger partial charge is 0.328 e. The van der Waals surface area contributed by atoms with Crippen molar-refractivity contribution in [3.8, 4) is 11.1 Å². The van der Waals surface area contributed by atoms with Crippen molar-refractivity contribution in [2.45, 2.75) is 4.90 Å². The summed E-state index contributed by atoms with van der Waals surface area (Å²) in [7, 11) is 0. The van der Waals surface area contributed by atoms with Crippen LogP contribution in [-0.4, -0.2) is 11.1 Å². The summed E-state index contributed by atoms with van der Waals surface area (Å²) in [5, 5.41) is 8.68. The van der Waals surface area contributed by atoms with Gasteiger partial charge >= 0.3 is 5.97 Å². The summed E-state index contributed by atoms with van der Waals surface area (Å²) >= 11 is 4.30. The maximum atomic E-state index is 10.6. The summed E-state index contributed by atoms with van der Waals surface area (Å²) in [4.78, 5) is 11.2. The fraction of sp³-hybridized carbons (Fsp3) is 0. The van der Waals surface area contributed by atoms with Gasteiger partial charge in [0.05, 0.1) is 0 Å². The third-order valence-electron chi connectivity index (χ3n) is 2.68. The highest BCUT2D eigenvalue weighted by Gasteiger charge is 2.05. The number of carbonyl (C=O) groups is 1. The van der Waals surface area contributed by atoms with Gasteiger partial charge in [0.15, 0.2) is 0 Å². The summed E-state index contributed by atoms with van der Waals surface area (Å²) in [5.74, 6) is -1.00. The van der Waals surface area contributed by atoms with E-state index in [1.807, 2.05) is 42.5 Å². The molecule has 2 aromatic carbocycles. The molecule has 0 bridgehead atoms. The maximum Gasteiger partial charge on any atom is 0.328 e. The molecule has 0 amide bonds. The van der Waals surface area contributed by atoms with E-state index in [0.29, 0.717) is 16.1 Å². The molecular weight excluding hydrogens is 258 g/mol. The van der Waals surface area contributed by atoms with Gasteiger partial charge in [-0.25, -0.2) is 4.79 Å². The van der Waals surface area contributed by atoms with E-state index in [2.05, 4.69) is 12.6 Å². The van der Waals surface area contributed by atoms with E-state index in [0.717, 1.165) is 17.2 Å². The number of thiol groups is 1. The molecule has 0 saturated heterocycles. The molecule has 0 aliphatic heterocycles. The van der Waals surface area contributed by atoms with Gasteiger partial charge in [-0.15, -0.1) is 12.6 Å². The van der Waals surface area contributed by atoms with Gasteiger partial charge in [-0.05, 0) is 34.9 Å². The molecule has 0 heterocycles. The molecule has 0 radical (unpaired) electrons. The Balaban J connectivity index is 2.51. The van der Waals surface area contributed by atoms with E-state index in [-0.39, 0.29) is 0 Å². The molecule has 4 heteroatoms. The van der Waals surface area contributed by atoms with Crippen LogP contribution in [-0.2, 0) is 4.79 Å². The lowest BCUT2D eigenvalue weighted by Gasteiger charge is -2.09. The molecule has 96 valence electrons. The van der Waals surface area contributed by atoms with Crippen LogP contribution in [0.5, 0.6) is 0 Å². The van der Waals surface area contributed by atoms with Crippen LogP contribution in [0.1, 0.15) is 5.56 Å². The quantitative estimate of drug-likeness (QED) is 0.456. The average molecular weight is 271 g/mol. The minimum atomic E-state index is -1.00. The average Bonchev–Trinajstić information content (AvgIpc) is 2.41. The number of carboxylic acids is 1. The molecule has 0 atom stereocenters. The monoisotopic (exact) mass is 271 g/mol. The van der Waals surface area contributed by atoms with E-state index in [9.17, 15) is 4.79 Å². The molecule has 0 saturated carbocycles. The lowest BCUT2D eigenvalue weighted by atomic mass is 10.0. The van der Waals surface area contributed by atoms with Crippen molar-refractivity contribution in [3.05, 3.63) is 54.1 Å². The first kappa shape index (κ1) is 13.2. The summed E-state index contributed by atoms with van der Waals surface area (Å²) < 4.78 is 0. The van der Waals surface area contributed by atoms with Gasteiger partial charge in [0.2, 0.25) is 0 Å². The normalized spacial score (nSPS) is 10.8. The molecule has 3 nitrogen and oxygen atoms in total. The number of aliphatic carboxylic acids is 1. The Morgan fingerprint density at radius 2 is 1.84 bits per heavy atom. The molecule has 0 aromatic heterocycles. The van der Waals surface area contributed by atoms with E-state index in [1.165, 1.54) is 6.08 Å². The van der Waals surface area contributed by atoms with Gasteiger partial charge in [0.1, 0.15) is 0 Å². The van der Waals surface area contributed by atoms with Crippen molar-refractivity contribution in [1.29, 1.82) is 0 Å². The number of hydrogen-bond donors (Lipinski definition) is 3. The van der Waals surface area contributed by atoms with Gasteiger partial charge in [-0.3, -0.25) is 0 Å². The SMILES string of the molecule is Nc1cc(-c2ccccc2)cc(/C=C/C(=O)O)c1S. The van der Waals surface area contributed by atoms with Crippen molar-refractivity contribution < 1.29 is 9.90 Å². The second kappa shape index (κ2) is 5.63. The van der Waals surface area contributed by atoms with Gasteiger partial charge < -0.3 is 10.8 Å². The molecule has 2 rings (SSSR count). The van der Waals surface area contributed by atoms with Crippen molar-refractivity contribution in [1.82, 2.24) is 0 Å². The van der Waals surface area contributed by atoms with E-state index in [1.54, 1.807) is 0 Å². The number of nitrogens with two attached hydrogens (primary N) is 1. The van der Waals surface area contributed by atoms with Crippen molar-refractivity contribution in [2.75, 3.05) is 5.73 Å². The molecular formula is C15H13NO2S. The molecule has 0 aliphatic carbocycles. The fourth-order valence-electron chi connectivity index (χ4n) is 1.77. The number of anilines is 1. The molecule has 0 fully saturated rings. The van der Waals surface area contributed by atoms with Crippen molar-refractivity contribution >= 4 is 30.4 Å². The summed E-state index contributed by atoms with van der Waals surface area (Å²) in [6.07, 6.45) is 2.57. The van der Waals surface area contributed by atoms with Crippen LogP contribution in [0.4, 0.5) is 5.69 Å². The Hall–Kier alpha value is -2.20. The van der Waals surface area contributed by atoms with Crippen LogP contribution in [0.15, 0.2) is 53.4 Å². The number of benzene rings is 2. The van der Waals surface area contributed by atoms with Gasteiger partial charge in [0.25, 0.3) is 0 Å². The molecule has 2 aromatic rings. The number of hydrogen-bond acceptors (Lipinski definition) is 3. The first-order chi connectivity index (χ1) is 9.08. The third kappa shape index (κ3) is 3.17. The second-order valence-corrected chi connectivity index (χ2v) is 4.49. The summed E-state index contributed by atoms with van der Waals surface area (Å²) in [6.45, 7) is 0. The topological polar surface area (TPSA) is 63.3 Å². The second-order valence-electron chi connectivity index (χ2n) is 4.04. The zero-order valence-electron chi connectivity index (χ0n) is 10.1. The van der Waals surface area contributed by atoms with Crippen LogP contribution in [0.25, 0.3) is 17.2 Å². The lowest BCUT2D eigenvalue weighted by Crippen LogP contribution is -1.93. The highest BCUT2D eigenvalue weighted by atomic mass is 32.1. The van der Waals surface area contributed by atoms with E-state index < -0.39 is 5.97 Å². The minimum Gasteiger partial charge on any atom is -0.478 e. The Morgan fingerprint density at radius 1 is 1.16 bits per heavy atom. The maximum absolute atomic E-state index is 10.6. The zero-order valence-corrected chi connectivity index (χ0v) is 11.0. The van der Waals surface area contributed by atoms with Gasteiger partial charge in [0, 0.05) is 16.7 Å². The Kier molecular flexibility index (Phi) is 3.92. The predicted octanol–water partition coefficient (Wildman–Crippen LogP) is 3.32. The Labute approximate surface area is 116 Å². The van der Waals surface area contributed by atoms with Gasteiger partial charge in [-0.1, -0.05) is 30.3 Å². The zero-order chi connectivity index (χ0) is 13.8. The largest absolute Gasteiger partial charge is 0.478 e. The van der Waals surface area contributed by atoms with E-state index in [4.69, 9.17) is 10.8 Å². The first-order valence-electron chi connectivity index (χ1n) is 5.67. The first-order valence-corrected chi connectivity index (χ1v) is 6.11. The van der Waals surface area contributed by atoms with Crippen LogP contribution in [0.2, 0.25) is 0 Å². The van der Waals surface area contributed by atoms with E-state index >= 15 is 0 Å². The Morgan fingerprint density at radius 3 is 2.47 bits per heavy atom. The summed E-state index contributed by atoms with van der Waals surface area (Å²) in [6, 6.07) is 13.4. The number of carboxylic acid groups (broad SMARTS) is 1. The van der Waals surface area contributed by atoms with Crippen LogP contribution >= 0.6 is 12.6 Å². The fourth-order valence-corrected chi connectivity index (χ4v) is 1.97. The predicted molar refractivity (Wildman–Crippen MR) is 80.2 cm³/mol. The molecule has 19 heavy (non-hydrogen) atoms. The molecule has 0 unspecified atom stereocenters. The number of rotatable bonds is 3. The highest BCUT2D eigenvalue weighted by molar-refractivity contribution is 7.80. The van der Waals surface area contributed by atoms with Gasteiger partial charge in [-0.2, -0.15) is 0 Å². The Bertz CT molecular complexity index is 636. The van der Waals surface area contributed by atoms with Crippen molar-refractivity contribution in [3.63, 3.8) is 0 Å². The molecule has 3 N–H and O–H groups in total. The number of nitrogen functional groups attached to an aromatic ring is 1. The summed E-state index contributed by atoms with van der Waals surface area (Å²) in [5.41, 5.74) is 9.07. The minimum absolute atomic E-state index is 0.523.